The van der Waals surface area contributed by atoms with Crippen LogP contribution in [0.25, 0.3) is 11.1 Å². The Morgan fingerprint density at radius 2 is 1.67 bits per heavy atom. The Kier molecular flexibility index (Phi) is 9.50. The van der Waals surface area contributed by atoms with Gasteiger partial charge in [-0.25, -0.2) is 8.42 Å². The van der Waals surface area contributed by atoms with E-state index in [0.717, 1.165) is 30.4 Å². The van der Waals surface area contributed by atoms with Crippen LogP contribution < -0.4 is 19.2 Å². The number of sulfonamides is 1. The molecular weight excluding hydrogens is 518 g/mol. The molecule has 1 N–H and O–H groups in total. The topological polar surface area (TPSA) is 92.3 Å². The van der Waals surface area contributed by atoms with Gasteiger partial charge in [0, 0.05) is 12.2 Å². The van der Waals surface area contributed by atoms with E-state index in [4.69, 9.17) is 23.8 Å². The van der Waals surface area contributed by atoms with Crippen LogP contribution in [-0.4, -0.2) is 41.6 Å². The zero-order valence-electron chi connectivity index (χ0n) is 22.9. The maximum Gasteiger partial charge on any atom is 0.272 e. The molecule has 3 aromatic rings. The normalized spacial score (nSPS) is 16.1. The lowest BCUT2D eigenvalue weighted by Crippen LogP contribution is -2.28. The van der Waals surface area contributed by atoms with Crippen LogP contribution in [0.2, 0.25) is 0 Å². The van der Waals surface area contributed by atoms with Gasteiger partial charge in [-0.2, -0.15) is 0 Å². The van der Waals surface area contributed by atoms with Gasteiger partial charge in [0.25, 0.3) is 10.0 Å². The van der Waals surface area contributed by atoms with Crippen molar-refractivity contribution in [3.8, 4) is 28.4 Å². The predicted octanol–water partition coefficient (Wildman–Crippen LogP) is 5.85. The van der Waals surface area contributed by atoms with E-state index in [-0.39, 0.29) is 34.7 Å². The van der Waals surface area contributed by atoms with Gasteiger partial charge in [0.1, 0.15) is 6.61 Å². The smallest absolute Gasteiger partial charge is 0.272 e. The van der Waals surface area contributed by atoms with Crippen LogP contribution in [-0.2, 0) is 24.9 Å². The summed E-state index contributed by atoms with van der Waals surface area (Å²) in [5.41, 5.74) is 2.52. The van der Waals surface area contributed by atoms with Crippen molar-refractivity contribution in [3.05, 3.63) is 72.3 Å². The lowest BCUT2D eigenvalue weighted by molar-refractivity contribution is -0.165. The molecule has 8 nitrogen and oxygen atoms in total. The Morgan fingerprint density at radius 1 is 0.923 bits per heavy atom. The molecule has 1 fully saturated rings. The number of methoxy groups -OCH3 is 1. The molecule has 1 unspecified atom stereocenters. The fourth-order valence-corrected chi connectivity index (χ4v) is 5.32. The van der Waals surface area contributed by atoms with Gasteiger partial charge >= 0.3 is 0 Å². The summed E-state index contributed by atoms with van der Waals surface area (Å²) in [6.45, 7) is 7.73. The predicted molar refractivity (Wildman–Crippen MR) is 150 cm³/mol. The lowest BCUT2D eigenvalue weighted by Gasteiger charge is -2.22. The fraction of sp³-hybridized carbons (Fsp3) is 0.400. The second-order valence-corrected chi connectivity index (χ2v) is 11.9. The van der Waals surface area contributed by atoms with Gasteiger partial charge in [-0.15, -0.1) is 0 Å². The monoisotopic (exact) mass is 555 g/mol. The van der Waals surface area contributed by atoms with E-state index in [1.165, 1.54) is 7.11 Å². The zero-order chi connectivity index (χ0) is 27.9. The summed E-state index contributed by atoms with van der Waals surface area (Å²) >= 11 is 0. The number of hydrogen-bond acceptors (Lipinski definition) is 7. The van der Waals surface area contributed by atoms with E-state index in [2.05, 4.69) is 25.7 Å². The molecule has 9 heteroatoms. The number of benzene rings is 3. The van der Waals surface area contributed by atoms with Crippen LogP contribution in [0.5, 0.6) is 17.2 Å². The third kappa shape index (κ3) is 7.51. The quantitative estimate of drug-likeness (QED) is 0.234. The number of para-hydroxylation sites is 1. The molecule has 1 aliphatic rings. The van der Waals surface area contributed by atoms with Gasteiger partial charge < -0.3 is 23.8 Å². The molecule has 0 amide bonds. The molecular formula is C30H37NO7S. The summed E-state index contributed by atoms with van der Waals surface area (Å²) in [6.07, 6.45) is 2.81. The number of ether oxygens (including phenoxy) is 4. The largest absolute Gasteiger partial charge is 0.490 e. The van der Waals surface area contributed by atoms with Crippen LogP contribution in [0.4, 0.5) is 0 Å². The highest BCUT2D eigenvalue weighted by Gasteiger charge is 2.22. The van der Waals surface area contributed by atoms with Gasteiger partial charge in [-0.1, -0.05) is 69.3 Å². The summed E-state index contributed by atoms with van der Waals surface area (Å²) < 4.78 is 49.2. The summed E-state index contributed by atoms with van der Waals surface area (Å²) in [5, 5.41) is 0. The summed E-state index contributed by atoms with van der Waals surface area (Å²) in [4.78, 5) is 7.89. The molecule has 1 saturated heterocycles. The van der Waals surface area contributed by atoms with Crippen molar-refractivity contribution in [2.24, 2.45) is 0 Å². The second kappa shape index (κ2) is 12.8. The highest BCUT2D eigenvalue weighted by Crippen LogP contribution is 2.37. The minimum Gasteiger partial charge on any atom is -0.490 e. The van der Waals surface area contributed by atoms with Crippen molar-refractivity contribution in [2.45, 2.75) is 56.6 Å². The van der Waals surface area contributed by atoms with E-state index in [0.29, 0.717) is 24.5 Å². The van der Waals surface area contributed by atoms with E-state index in [1.54, 1.807) is 42.5 Å². The summed E-state index contributed by atoms with van der Waals surface area (Å²) in [6, 6.07) is 19.7. The van der Waals surface area contributed by atoms with Gasteiger partial charge in [0.2, 0.25) is 5.75 Å². The second-order valence-electron chi connectivity index (χ2n) is 10.3. The first-order valence-corrected chi connectivity index (χ1v) is 14.6. The molecule has 39 heavy (non-hydrogen) atoms. The van der Waals surface area contributed by atoms with Crippen molar-refractivity contribution in [2.75, 3.05) is 26.9 Å². The molecule has 3 aromatic carbocycles. The minimum atomic E-state index is -4.05. The third-order valence-corrected chi connectivity index (χ3v) is 7.67. The average Bonchev–Trinajstić information content (AvgIpc) is 2.94. The Balaban J connectivity index is 1.45. The molecule has 0 radical (unpaired) electrons. The molecule has 1 atom stereocenters. The Hall–Kier alpha value is -3.11. The number of nitrogens with one attached hydrogen (secondary N) is 1. The molecule has 0 saturated carbocycles. The molecule has 0 bridgehead atoms. The first-order valence-electron chi connectivity index (χ1n) is 13.1. The van der Waals surface area contributed by atoms with Crippen LogP contribution in [0.1, 0.15) is 45.6 Å². The first-order chi connectivity index (χ1) is 18.7. The van der Waals surface area contributed by atoms with E-state index in [9.17, 15) is 8.42 Å². The molecule has 210 valence electrons. The van der Waals surface area contributed by atoms with Crippen molar-refractivity contribution in [3.63, 3.8) is 0 Å². The fourth-order valence-electron chi connectivity index (χ4n) is 4.30. The zero-order valence-corrected chi connectivity index (χ0v) is 23.8. The van der Waals surface area contributed by atoms with Crippen molar-refractivity contribution in [1.82, 2.24) is 4.89 Å². The maximum absolute atomic E-state index is 13.3. The minimum absolute atomic E-state index is 0.00630. The maximum atomic E-state index is 13.3. The summed E-state index contributed by atoms with van der Waals surface area (Å²) in [5.74, 6) is 0.837. The first kappa shape index (κ1) is 28.9. The lowest BCUT2D eigenvalue weighted by atomic mass is 9.86. The Morgan fingerprint density at radius 3 is 2.36 bits per heavy atom. The van der Waals surface area contributed by atoms with Crippen LogP contribution in [0.3, 0.4) is 0 Å². The van der Waals surface area contributed by atoms with Crippen LogP contribution in [0, 0.1) is 0 Å². The van der Waals surface area contributed by atoms with E-state index >= 15 is 0 Å². The van der Waals surface area contributed by atoms with Gasteiger partial charge in [-0.05, 0) is 58.9 Å². The van der Waals surface area contributed by atoms with Gasteiger partial charge in [0.05, 0.1) is 18.6 Å². The number of hydrogen-bond donors (Lipinski definition) is 1. The van der Waals surface area contributed by atoms with Gasteiger partial charge in [0.15, 0.2) is 17.8 Å². The average molecular weight is 556 g/mol. The van der Waals surface area contributed by atoms with Crippen LogP contribution in [0.15, 0.2) is 71.6 Å². The van der Waals surface area contributed by atoms with Gasteiger partial charge in [-0.3, -0.25) is 0 Å². The van der Waals surface area contributed by atoms with Crippen molar-refractivity contribution >= 4 is 10.0 Å². The van der Waals surface area contributed by atoms with E-state index in [1.807, 2.05) is 24.3 Å². The molecule has 0 aliphatic carbocycles. The van der Waals surface area contributed by atoms with E-state index < -0.39 is 10.0 Å². The van der Waals surface area contributed by atoms with Crippen LogP contribution >= 0.6 is 0 Å². The molecule has 0 spiro atoms. The standard InChI is InChI=1S/C30H37NO7S/c1-30(2,3)23-17-15-22(16-18-23)24-10-5-6-13-27(24)39(32,33)31-38-26-12-9-11-25(29(26)34-4)35-20-21-37-28-14-7-8-19-36-28/h5-6,9-13,15-18,28,31H,7-8,14,19-21H2,1-4H3. The highest BCUT2D eigenvalue weighted by atomic mass is 32.2. The van der Waals surface area contributed by atoms with Crippen molar-refractivity contribution < 1.29 is 32.2 Å². The Labute approximate surface area is 231 Å². The molecule has 0 aromatic heterocycles. The third-order valence-electron chi connectivity index (χ3n) is 6.43. The Bertz CT molecular complexity index is 1330. The summed E-state index contributed by atoms with van der Waals surface area (Å²) in [7, 11) is -2.58. The SMILES string of the molecule is COc1c(OCCOC2CCCCO2)cccc1ONS(=O)(=O)c1ccccc1-c1ccc(C(C)(C)C)cc1. The highest BCUT2D eigenvalue weighted by molar-refractivity contribution is 7.89. The molecule has 1 aliphatic heterocycles. The number of rotatable bonds is 11. The molecule has 1 heterocycles. The molecule has 4 rings (SSSR count). The van der Waals surface area contributed by atoms with Crippen molar-refractivity contribution in [1.29, 1.82) is 0 Å².